The van der Waals surface area contributed by atoms with Crippen molar-refractivity contribution < 1.29 is 4.79 Å². The predicted octanol–water partition coefficient (Wildman–Crippen LogP) is 4.56. The lowest BCUT2D eigenvalue weighted by molar-refractivity contribution is 0.0756. The maximum absolute atomic E-state index is 12.5. The molecule has 1 aliphatic heterocycles. The zero-order chi connectivity index (χ0) is 15.4. The van der Waals surface area contributed by atoms with E-state index in [4.69, 9.17) is 11.6 Å². The number of hydrogen-bond donors (Lipinski definition) is 1. The lowest BCUT2D eigenvalue weighted by atomic mass is 10.2. The fraction of sp³-hybridized carbons (Fsp3) is 0.375. The molecule has 6 heteroatoms. The SMILES string of the molecule is O=C(c1csc(Nc2cccc(Cl)c2)n1)N1CCCCCC1. The van der Waals surface area contributed by atoms with E-state index in [0.29, 0.717) is 15.8 Å². The molecule has 0 unspecified atom stereocenters. The number of hydrogen-bond acceptors (Lipinski definition) is 4. The minimum absolute atomic E-state index is 0.0392. The van der Waals surface area contributed by atoms with Crippen LogP contribution in [-0.4, -0.2) is 28.9 Å². The van der Waals surface area contributed by atoms with E-state index in [1.165, 1.54) is 24.2 Å². The zero-order valence-corrected chi connectivity index (χ0v) is 13.8. The molecule has 1 fully saturated rings. The van der Waals surface area contributed by atoms with Gasteiger partial charge in [0, 0.05) is 29.2 Å². The summed E-state index contributed by atoms with van der Waals surface area (Å²) in [5, 5.41) is 6.38. The van der Waals surface area contributed by atoms with E-state index < -0.39 is 0 Å². The fourth-order valence-electron chi connectivity index (χ4n) is 2.55. The summed E-state index contributed by atoms with van der Waals surface area (Å²) in [7, 11) is 0. The van der Waals surface area contributed by atoms with Crippen LogP contribution in [0.2, 0.25) is 5.02 Å². The molecule has 0 aliphatic carbocycles. The van der Waals surface area contributed by atoms with Crippen LogP contribution in [0.1, 0.15) is 36.2 Å². The topological polar surface area (TPSA) is 45.2 Å². The van der Waals surface area contributed by atoms with Crippen molar-refractivity contribution in [3.8, 4) is 0 Å². The highest BCUT2D eigenvalue weighted by Gasteiger charge is 2.19. The van der Waals surface area contributed by atoms with E-state index >= 15 is 0 Å². The molecular weight excluding hydrogens is 318 g/mol. The second kappa shape index (κ2) is 7.11. The average Bonchev–Trinajstić information content (AvgIpc) is 2.80. The van der Waals surface area contributed by atoms with Crippen LogP contribution < -0.4 is 5.32 Å². The van der Waals surface area contributed by atoms with Crippen LogP contribution in [-0.2, 0) is 0 Å². The number of aromatic nitrogens is 1. The number of halogens is 1. The highest BCUT2D eigenvalue weighted by Crippen LogP contribution is 2.24. The van der Waals surface area contributed by atoms with Gasteiger partial charge >= 0.3 is 0 Å². The summed E-state index contributed by atoms with van der Waals surface area (Å²) in [5.74, 6) is 0.0392. The monoisotopic (exact) mass is 335 g/mol. The highest BCUT2D eigenvalue weighted by molar-refractivity contribution is 7.14. The minimum Gasteiger partial charge on any atom is -0.337 e. The van der Waals surface area contributed by atoms with Crippen molar-refractivity contribution in [1.29, 1.82) is 0 Å². The summed E-state index contributed by atoms with van der Waals surface area (Å²) in [6.07, 6.45) is 4.60. The molecule has 1 saturated heterocycles. The van der Waals surface area contributed by atoms with E-state index in [0.717, 1.165) is 31.6 Å². The Morgan fingerprint density at radius 1 is 1.23 bits per heavy atom. The first-order chi connectivity index (χ1) is 10.7. The van der Waals surface area contributed by atoms with E-state index in [2.05, 4.69) is 10.3 Å². The number of nitrogens with one attached hydrogen (secondary N) is 1. The summed E-state index contributed by atoms with van der Waals surface area (Å²) < 4.78 is 0. The Labute approximate surface area is 139 Å². The molecule has 22 heavy (non-hydrogen) atoms. The average molecular weight is 336 g/mol. The fourth-order valence-corrected chi connectivity index (χ4v) is 3.45. The van der Waals surface area contributed by atoms with E-state index in [1.807, 2.05) is 34.5 Å². The van der Waals surface area contributed by atoms with E-state index in [9.17, 15) is 4.79 Å². The first-order valence-corrected chi connectivity index (χ1v) is 8.75. The van der Waals surface area contributed by atoms with Crippen LogP contribution in [0.25, 0.3) is 0 Å². The molecule has 116 valence electrons. The highest BCUT2D eigenvalue weighted by atomic mass is 35.5. The molecular formula is C16H18ClN3OS. The Morgan fingerprint density at radius 3 is 2.73 bits per heavy atom. The normalized spacial score (nSPS) is 15.4. The van der Waals surface area contributed by atoms with Crippen molar-refractivity contribution in [2.24, 2.45) is 0 Å². The van der Waals surface area contributed by atoms with Crippen molar-refractivity contribution in [2.75, 3.05) is 18.4 Å². The Hall–Kier alpha value is -1.59. The van der Waals surface area contributed by atoms with Crippen molar-refractivity contribution >= 4 is 39.7 Å². The molecule has 0 atom stereocenters. The smallest absolute Gasteiger partial charge is 0.273 e. The number of likely N-dealkylation sites (tertiary alicyclic amines) is 1. The van der Waals surface area contributed by atoms with Gasteiger partial charge < -0.3 is 10.2 Å². The quantitative estimate of drug-likeness (QED) is 0.894. The van der Waals surface area contributed by atoms with Crippen LogP contribution in [0.15, 0.2) is 29.6 Å². The molecule has 1 aliphatic rings. The summed E-state index contributed by atoms with van der Waals surface area (Å²) in [4.78, 5) is 18.8. The number of carbonyl (C=O) groups is 1. The zero-order valence-electron chi connectivity index (χ0n) is 12.2. The molecule has 0 spiro atoms. The third kappa shape index (κ3) is 3.78. The molecule has 0 bridgehead atoms. The number of amides is 1. The van der Waals surface area contributed by atoms with Gasteiger partial charge in [-0.1, -0.05) is 30.5 Å². The van der Waals surface area contributed by atoms with Crippen molar-refractivity contribution in [3.05, 3.63) is 40.4 Å². The van der Waals surface area contributed by atoms with Gasteiger partial charge in [-0.05, 0) is 31.0 Å². The van der Waals surface area contributed by atoms with Gasteiger partial charge in [-0.25, -0.2) is 4.98 Å². The van der Waals surface area contributed by atoms with Crippen LogP contribution in [0.3, 0.4) is 0 Å². The molecule has 1 aromatic carbocycles. The number of anilines is 2. The lowest BCUT2D eigenvalue weighted by Crippen LogP contribution is -2.32. The van der Waals surface area contributed by atoms with Crippen molar-refractivity contribution in [2.45, 2.75) is 25.7 Å². The minimum atomic E-state index is 0.0392. The van der Waals surface area contributed by atoms with Crippen LogP contribution >= 0.6 is 22.9 Å². The van der Waals surface area contributed by atoms with Crippen molar-refractivity contribution in [3.63, 3.8) is 0 Å². The number of thiazole rings is 1. The summed E-state index contributed by atoms with van der Waals surface area (Å²) in [6.45, 7) is 1.68. The Bertz CT molecular complexity index is 650. The summed E-state index contributed by atoms with van der Waals surface area (Å²) >= 11 is 7.40. The summed E-state index contributed by atoms with van der Waals surface area (Å²) in [5.41, 5.74) is 1.40. The molecule has 1 aromatic heterocycles. The molecule has 3 rings (SSSR count). The first kappa shape index (κ1) is 15.3. The van der Waals surface area contributed by atoms with Gasteiger partial charge in [-0.15, -0.1) is 11.3 Å². The van der Waals surface area contributed by atoms with Crippen LogP contribution in [0.4, 0.5) is 10.8 Å². The Kier molecular flexibility index (Phi) is 4.95. The van der Waals surface area contributed by atoms with Gasteiger partial charge in [0.2, 0.25) is 0 Å². The maximum atomic E-state index is 12.5. The second-order valence-corrected chi connectivity index (χ2v) is 6.67. The number of rotatable bonds is 3. The van der Waals surface area contributed by atoms with Gasteiger partial charge in [0.1, 0.15) is 5.69 Å². The van der Waals surface area contributed by atoms with Crippen LogP contribution in [0, 0.1) is 0 Å². The van der Waals surface area contributed by atoms with Gasteiger partial charge in [0.05, 0.1) is 0 Å². The number of nitrogens with zero attached hydrogens (tertiary/aromatic N) is 2. The molecule has 1 amide bonds. The molecule has 0 saturated carbocycles. The van der Waals surface area contributed by atoms with Gasteiger partial charge in [0.15, 0.2) is 5.13 Å². The van der Waals surface area contributed by atoms with Gasteiger partial charge in [-0.3, -0.25) is 4.79 Å². The third-order valence-electron chi connectivity index (χ3n) is 3.69. The van der Waals surface area contributed by atoms with Gasteiger partial charge in [0.25, 0.3) is 5.91 Å². The number of benzene rings is 1. The molecule has 2 heterocycles. The third-order valence-corrected chi connectivity index (χ3v) is 4.69. The molecule has 4 nitrogen and oxygen atoms in total. The van der Waals surface area contributed by atoms with Gasteiger partial charge in [-0.2, -0.15) is 0 Å². The standard InChI is InChI=1S/C16H18ClN3OS/c17-12-6-5-7-13(10-12)18-16-19-14(11-22-16)15(21)20-8-3-1-2-4-9-20/h5-7,10-11H,1-4,8-9H2,(H,18,19). The second-order valence-electron chi connectivity index (χ2n) is 5.38. The lowest BCUT2D eigenvalue weighted by Gasteiger charge is -2.18. The first-order valence-electron chi connectivity index (χ1n) is 7.50. The van der Waals surface area contributed by atoms with E-state index in [-0.39, 0.29) is 5.91 Å². The summed E-state index contributed by atoms with van der Waals surface area (Å²) in [6, 6.07) is 7.45. The largest absolute Gasteiger partial charge is 0.337 e. The van der Waals surface area contributed by atoms with Crippen molar-refractivity contribution in [1.82, 2.24) is 9.88 Å². The molecule has 1 N–H and O–H groups in total. The Balaban J connectivity index is 1.68. The number of carbonyl (C=O) groups excluding carboxylic acids is 1. The van der Waals surface area contributed by atoms with Crippen LogP contribution in [0.5, 0.6) is 0 Å². The Morgan fingerprint density at radius 2 is 2.00 bits per heavy atom. The maximum Gasteiger partial charge on any atom is 0.273 e. The molecule has 2 aromatic rings. The predicted molar refractivity (Wildman–Crippen MR) is 91.2 cm³/mol. The molecule has 0 radical (unpaired) electrons. The van der Waals surface area contributed by atoms with E-state index in [1.54, 1.807) is 0 Å².